The predicted octanol–water partition coefficient (Wildman–Crippen LogP) is 3.85. The van der Waals surface area contributed by atoms with Crippen molar-refractivity contribution < 1.29 is 0 Å². The summed E-state index contributed by atoms with van der Waals surface area (Å²) in [5, 5.41) is 13.9. The SMILES string of the molecule is CCNc1c(C#N)cnc2cc(Cl)cc(Cl)c12. The van der Waals surface area contributed by atoms with Gasteiger partial charge in [0.05, 0.1) is 21.8 Å². The number of halogens is 2. The first kappa shape index (κ1) is 12.0. The molecule has 86 valence electrons. The number of hydrogen-bond acceptors (Lipinski definition) is 3. The Hall–Kier alpha value is -1.50. The molecule has 1 aromatic carbocycles. The largest absolute Gasteiger partial charge is 0.384 e. The molecule has 1 N–H and O–H groups in total. The van der Waals surface area contributed by atoms with E-state index in [1.165, 1.54) is 6.20 Å². The number of nitrogens with one attached hydrogen (secondary N) is 1. The van der Waals surface area contributed by atoms with Crippen molar-refractivity contribution in [1.82, 2.24) is 4.98 Å². The van der Waals surface area contributed by atoms with E-state index in [2.05, 4.69) is 16.4 Å². The molecule has 0 fully saturated rings. The minimum absolute atomic E-state index is 0.476. The van der Waals surface area contributed by atoms with Gasteiger partial charge in [-0.15, -0.1) is 0 Å². The topological polar surface area (TPSA) is 48.7 Å². The van der Waals surface area contributed by atoms with Gasteiger partial charge in [0.25, 0.3) is 0 Å². The van der Waals surface area contributed by atoms with Crippen LogP contribution in [-0.4, -0.2) is 11.5 Å². The number of nitriles is 1. The molecule has 17 heavy (non-hydrogen) atoms. The highest BCUT2D eigenvalue weighted by atomic mass is 35.5. The molecular formula is C12H9Cl2N3. The van der Waals surface area contributed by atoms with Crippen molar-refractivity contribution in [3.63, 3.8) is 0 Å². The Bertz CT molecular complexity index is 617. The van der Waals surface area contributed by atoms with Crippen molar-refractivity contribution in [3.8, 4) is 6.07 Å². The van der Waals surface area contributed by atoms with E-state index in [1.807, 2.05) is 6.92 Å². The minimum atomic E-state index is 0.476. The Balaban J connectivity index is 2.85. The van der Waals surface area contributed by atoms with Crippen molar-refractivity contribution >= 4 is 39.8 Å². The monoisotopic (exact) mass is 265 g/mol. The van der Waals surface area contributed by atoms with Gasteiger partial charge in [0.2, 0.25) is 0 Å². The van der Waals surface area contributed by atoms with E-state index in [-0.39, 0.29) is 0 Å². The second kappa shape index (κ2) is 4.79. The van der Waals surface area contributed by atoms with Crippen LogP contribution in [0.1, 0.15) is 12.5 Å². The Kier molecular flexibility index (Phi) is 3.37. The fourth-order valence-corrected chi connectivity index (χ4v) is 2.26. The predicted molar refractivity (Wildman–Crippen MR) is 70.6 cm³/mol. The Morgan fingerprint density at radius 1 is 1.41 bits per heavy atom. The molecule has 0 unspecified atom stereocenters. The van der Waals surface area contributed by atoms with E-state index in [1.54, 1.807) is 12.1 Å². The fraction of sp³-hybridized carbons (Fsp3) is 0.167. The van der Waals surface area contributed by atoms with Gasteiger partial charge in [0.15, 0.2) is 0 Å². The number of anilines is 1. The highest BCUT2D eigenvalue weighted by Crippen LogP contribution is 2.34. The quantitative estimate of drug-likeness (QED) is 0.898. The maximum absolute atomic E-state index is 9.05. The number of benzene rings is 1. The van der Waals surface area contributed by atoms with Crippen LogP contribution < -0.4 is 5.32 Å². The molecule has 1 aromatic heterocycles. The molecule has 0 radical (unpaired) electrons. The maximum atomic E-state index is 9.05. The summed E-state index contributed by atoms with van der Waals surface area (Å²) in [5.74, 6) is 0. The van der Waals surface area contributed by atoms with Gasteiger partial charge in [-0.1, -0.05) is 23.2 Å². The molecule has 1 heterocycles. The first-order chi connectivity index (χ1) is 8.17. The molecule has 0 aliphatic heterocycles. The number of nitrogens with zero attached hydrogens (tertiary/aromatic N) is 2. The molecule has 0 saturated carbocycles. The molecule has 0 spiro atoms. The fourth-order valence-electron chi connectivity index (χ4n) is 1.69. The molecule has 0 aliphatic carbocycles. The van der Waals surface area contributed by atoms with Gasteiger partial charge in [0.1, 0.15) is 6.07 Å². The number of rotatable bonds is 2. The van der Waals surface area contributed by atoms with Crippen LogP contribution in [0.15, 0.2) is 18.3 Å². The molecule has 0 bridgehead atoms. The summed E-state index contributed by atoms with van der Waals surface area (Å²) < 4.78 is 0. The zero-order valence-corrected chi connectivity index (χ0v) is 10.6. The first-order valence-electron chi connectivity index (χ1n) is 5.09. The van der Waals surface area contributed by atoms with E-state index in [9.17, 15) is 0 Å². The van der Waals surface area contributed by atoms with Crippen LogP contribution in [-0.2, 0) is 0 Å². The standard InChI is InChI=1S/C12H9Cl2N3/c1-2-16-12-7(5-15)6-17-10-4-8(13)3-9(14)11(10)12/h3-4,6H,2H2,1H3,(H,16,17). The summed E-state index contributed by atoms with van der Waals surface area (Å²) in [4.78, 5) is 4.19. The third-order valence-corrected chi connectivity index (χ3v) is 2.88. The number of fused-ring (bicyclic) bond motifs is 1. The van der Waals surface area contributed by atoms with Gasteiger partial charge in [-0.3, -0.25) is 4.98 Å². The smallest absolute Gasteiger partial charge is 0.103 e. The van der Waals surface area contributed by atoms with Gasteiger partial charge in [-0.05, 0) is 19.1 Å². The second-order valence-electron chi connectivity index (χ2n) is 3.47. The summed E-state index contributed by atoms with van der Waals surface area (Å²) in [6, 6.07) is 5.47. The van der Waals surface area contributed by atoms with Gasteiger partial charge in [-0.2, -0.15) is 5.26 Å². The van der Waals surface area contributed by atoms with Crippen LogP contribution in [0, 0.1) is 11.3 Å². The number of hydrogen-bond donors (Lipinski definition) is 1. The molecule has 0 atom stereocenters. The molecule has 0 amide bonds. The van der Waals surface area contributed by atoms with Crippen LogP contribution in [0.5, 0.6) is 0 Å². The van der Waals surface area contributed by atoms with Crippen molar-refractivity contribution in [3.05, 3.63) is 33.9 Å². The van der Waals surface area contributed by atoms with Crippen LogP contribution in [0.2, 0.25) is 10.0 Å². The van der Waals surface area contributed by atoms with Gasteiger partial charge >= 0.3 is 0 Å². The van der Waals surface area contributed by atoms with E-state index in [0.29, 0.717) is 33.4 Å². The second-order valence-corrected chi connectivity index (χ2v) is 4.31. The van der Waals surface area contributed by atoms with Crippen molar-refractivity contribution in [1.29, 1.82) is 5.26 Å². The lowest BCUT2D eigenvalue weighted by molar-refractivity contribution is 1.21. The summed E-state index contributed by atoms with van der Waals surface area (Å²) in [6.45, 7) is 2.66. The van der Waals surface area contributed by atoms with Gasteiger partial charge in [-0.25, -0.2) is 0 Å². The first-order valence-corrected chi connectivity index (χ1v) is 5.84. The van der Waals surface area contributed by atoms with Gasteiger partial charge in [0, 0.05) is 23.2 Å². The molecular weight excluding hydrogens is 257 g/mol. The highest BCUT2D eigenvalue weighted by Gasteiger charge is 2.12. The average Bonchev–Trinajstić information content (AvgIpc) is 2.29. The van der Waals surface area contributed by atoms with Crippen LogP contribution in [0.25, 0.3) is 10.9 Å². The molecule has 2 rings (SSSR count). The Morgan fingerprint density at radius 3 is 2.82 bits per heavy atom. The average molecular weight is 266 g/mol. The Labute approximate surface area is 109 Å². The van der Waals surface area contributed by atoms with E-state index in [0.717, 1.165) is 5.39 Å². The van der Waals surface area contributed by atoms with E-state index >= 15 is 0 Å². The van der Waals surface area contributed by atoms with Crippen molar-refractivity contribution in [2.75, 3.05) is 11.9 Å². The number of aromatic nitrogens is 1. The lowest BCUT2D eigenvalue weighted by Crippen LogP contribution is -2.01. The molecule has 0 saturated heterocycles. The normalized spacial score (nSPS) is 10.2. The van der Waals surface area contributed by atoms with Crippen molar-refractivity contribution in [2.24, 2.45) is 0 Å². The maximum Gasteiger partial charge on any atom is 0.103 e. The summed E-state index contributed by atoms with van der Waals surface area (Å²) in [5.41, 5.74) is 1.86. The van der Waals surface area contributed by atoms with Crippen LogP contribution in [0.3, 0.4) is 0 Å². The highest BCUT2D eigenvalue weighted by molar-refractivity contribution is 6.39. The zero-order chi connectivity index (χ0) is 12.4. The number of pyridine rings is 1. The van der Waals surface area contributed by atoms with E-state index < -0.39 is 0 Å². The molecule has 3 nitrogen and oxygen atoms in total. The third kappa shape index (κ3) is 2.14. The molecule has 2 aromatic rings. The zero-order valence-electron chi connectivity index (χ0n) is 9.09. The van der Waals surface area contributed by atoms with Crippen LogP contribution >= 0.6 is 23.2 Å². The minimum Gasteiger partial charge on any atom is -0.384 e. The lowest BCUT2D eigenvalue weighted by Gasteiger charge is -2.11. The third-order valence-electron chi connectivity index (χ3n) is 2.36. The van der Waals surface area contributed by atoms with Gasteiger partial charge < -0.3 is 5.32 Å². The Morgan fingerprint density at radius 2 is 2.18 bits per heavy atom. The molecule has 5 heteroatoms. The van der Waals surface area contributed by atoms with Crippen molar-refractivity contribution in [2.45, 2.75) is 6.92 Å². The van der Waals surface area contributed by atoms with E-state index in [4.69, 9.17) is 28.5 Å². The van der Waals surface area contributed by atoms with Crippen LogP contribution in [0.4, 0.5) is 5.69 Å². The summed E-state index contributed by atoms with van der Waals surface area (Å²) in [7, 11) is 0. The summed E-state index contributed by atoms with van der Waals surface area (Å²) >= 11 is 12.1. The lowest BCUT2D eigenvalue weighted by atomic mass is 10.1. The molecule has 0 aliphatic rings. The summed E-state index contributed by atoms with van der Waals surface area (Å²) in [6.07, 6.45) is 1.52.